The highest BCUT2D eigenvalue weighted by molar-refractivity contribution is 5.92. The van der Waals surface area contributed by atoms with E-state index < -0.39 is 0 Å². The largest absolute Gasteiger partial charge is 0.368 e. The third-order valence-corrected chi connectivity index (χ3v) is 4.43. The molecule has 2 aromatic rings. The molecule has 0 atom stereocenters. The SMILES string of the molecule is Cc1cnoc1C(=O)N1CCN(c2cccc(C)c2C)CC1. The smallest absolute Gasteiger partial charge is 0.292 e. The molecular weight excluding hydrogens is 278 g/mol. The zero-order chi connectivity index (χ0) is 15.7. The number of hydrogen-bond donors (Lipinski definition) is 0. The predicted octanol–water partition coefficient (Wildman–Crippen LogP) is 2.56. The van der Waals surface area contributed by atoms with E-state index in [9.17, 15) is 4.79 Å². The molecular formula is C17H21N3O2. The van der Waals surface area contributed by atoms with E-state index >= 15 is 0 Å². The van der Waals surface area contributed by atoms with Crippen LogP contribution in [0, 0.1) is 20.8 Å². The number of rotatable bonds is 2. The quantitative estimate of drug-likeness (QED) is 0.855. The molecule has 1 aromatic carbocycles. The van der Waals surface area contributed by atoms with Gasteiger partial charge in [-0.3, -0.25) is 4.79 Å². The normalized spacial score (nSPS) is 15.2. The number of carbonyl (C=O) groups excluding carboxylic acids is 1. The van der Waals surface area contributed by atoms with Crippen LogP contribution in [0.5, 0.6) is 0 Å². The number of aryl methyl sites for hydroxylation is 2. The molecule has 5 heteroatoms. The Labute approximate surface area is 130 Å². The molecule has 0 bridgehead atoms. The van der Waals surface area contributed by atoms with Crippen LogP contribution in [0.1, 0.15) is 27.2 Å². The van der Waals surface area contributed by atoms with Gasteiger partial charge in [0.1, 0.15) is 0 Å². The number of aromatic nitrogens is 1. The summed E-state index contributed by atoms with van der Waals surface area (Å²) in [7, 11) is 0. The molecule has 0 unspecified atom stereocenters. The van der Waals surface area contributed by atoms with E-state index in [0.29, 0.717) is 18.8 Å². The summed E-state index contributed by atoms with van der Waals surface area (Å²) in [6.45, 7) is 9.20. The van der Waals surface area contributed by atoms with Crippen molar-refractivity contribution in [3.05, 3.63) is 46.8 Å². The highest BCUT2D eigenvalue weighted by atomic mass is 16.5. The van der Waals surface area contributed by atoms with Gasteiger partial charge in [0.15, 0.2) is 0 Å². The van der Waals surface area contributed by atoms with E-state index in [0.717, 1.165) is 18.7 Å². The Morgan fingerprint density at radius 1 is 1.09 bits per heavy atom. The molecule has 1 aliphatic rings. The Morgan fingerprint density at radius 3 is 2.45 bits per heavy atom. The topological polar surface area (TPSA) is 49.6 Å². The predicted molar refractivity (Wildman–Crippen MR) is 85.3 cm³/mol. The van der Waals surface area contributed by atoms with E-state index in [1.165, 1.54) is 16.8 Å². The van der Waals surface area contributed by atoms with Gasteiger partial charge in [-0.25, -0.2) is 0 Å². The minimum Gasteiger partial charge on any atom is -0.368 e. The van der Waals surface area contributed by atoms with Gasteiger partial charge in [0.05, 0.1) is 6.20 Å². The van der Waals surface area contributed by atoms with E-state index in [2.05, 4.69) is 42.1 Å². The second kappa shape index (κ2) is 5.83. The Kier molecular flexibility index (Phi) is 3.88. The first kappa shape index (κ1) is 14.6. The summed E-state index contributed by atoms with van der Waals surface area (Å²) in [5.41, 5.74) is 4.67. The maximum absolute atomic E-state index is 12.4. The summed E-state index contributed by atoms with van der Waals surface area (Å²) >= 11 is 0. The second-order valence-corrected chi connectivity index (χ2v) is 5.84. The van der Waals surface area contributed by atoms with Gasteiger partial charge in [0.25, 0.3) is 5.91 Å². The summed E-state index contributed by atoms with van der Waals surface area (Å²) in [6.07, 6.45) is 1.58. The molecule has 1 fully saturated rings. The van der Waals surface area contributed by atoms with Gasteiger partial charge in [0.2, 0.25) is 5.76 Å². The van der Waals surface area contributed by atoms with Crippen molar-refractivity contribution in [2.45, 2.75) is 20.8 Å². The van der Waals surface area contributed by atoms with Crippen molar-refractivity contribution < 1.29 is 9.32 Å². The van der Waals surface area contributed by atoms with Crippen molar-refractivity contribution in [2.75, 3.05) is 31.1 Å². The Bertz CT molecular complexity index is 685. The van der Waals surface area contributed by atoms with Crippen LogP contribution in [0.4, 0.5) is 5.69 Å². The van der Waals surface area contributed by atoms with Crippen molar-refractivity contribution in [1.82, 2.24) is 10.1 Å². The van der Waals surface area contributed by atoms with Crippen molar-refractivity contribution in [2.24, 2.45) is 0 Å². The van der Waals surface area contributed by atoms with E-state index in [1.54, 1.807) is 6.20 Å². The first-order valence-corrected chi connectivity index (χ1v) is 7.59. The minimum absolute atomic E-state index is 0.0596. The van der Waals surface area contributed by atoms with E-state index in [4.69, 9.17) is 4.52 Å². The zero-order valence-corrected chi connectivity index (χ0v) is 13.3. The number of piperazine rings is 1. The van der Waals surface area contributed by atoms with Crippen molar-refractivity contribution in [1.29, 1.82) is 0 Å². The minimum atomic E-state index is -0.0596. The van der Waals surface area contributed by atoms with Gasteiger partial charge < -0.3 is 14.3 Å². The molecule has 1 amide bonds. The van der Waals surface area contributed by atoms with Crippen LogP contribution in [0.25, 0.3) is 0 Å². The molecule has 5 nitrogen and oxygen atoms in total. The lowest BCUT2D eigenvalue weighted by atomic mass is 10.1. The van der Waals surface area contributed by atoms with Crippen LogP contribution in [-0.4, -0.2) is 42.1 Å². The molecule has 1 aromatic heterocycles. The van der Waals surface area contributed by atoms with Gasteiger partial charge in [-0.1, -0.05) is 17.3 Å². The van der Waals surface area contributed by atoms with Gasteiger partial charge in [-0.05, 0) is 38.0 Å². The number of hydrogen-bond acceptors (Lipinski definition) is 4. The molecule has 22 heavy (non-hydrogen) atoms. The molecule has 3 rings (SSSR count). The molecule has 1 aliphatic heterocycles. The Hall–Kier alpha value is -2.30. The van der Waals surface area contributed by atoms with E-state index in [1.807, 2.05) is 11.8 Å². The monoisotopic (exact) mass is 299 g/mol. The lowest BCUT2D eigenvalue weighted by molar-refractivity contribution is 0.0703. The average Bonchev–Trinajstić information content (AvgIpc) is 2.96. The highest BCUT2D eigenvalue weighted by Crippen LogP contribution is 2.24. The number of carbonyl (C=O) groups is 1. The first-order valence-electron chi connectivity index (χ1n) is 7.59. The fourth-order valence-electron chi connectivity index (χ4n) is 2.87. The van der Waals surface area contributed by atoms with Gasteiger partial charge in [-0.2, -0.15) is 0 Å². The van der Waals surface area contributed by atoms with Crippen LogP contribution < -0.4 is 4.90 Å². The van der Waals surface area contributed by atoms with Crippen LogP contribution in [-0.2, 0) is 0 Å². The zero-order valence-electron chi connectivity index (χ0n) is 13.3. The van der Waals surface area contributed by atoms with Gasteiger partial charge in [-0.15, -0.1) is 0 Å². The van der Waals surface area contributed by atoms with Crippen LogP contribution in [0.15, 0.2) is 28.9 Å². The first-order chi connectivity index (χ1) is 10.6. The number of benzene rings is 1. The maximum atomic E-state index is 12.4. The summed E-state index contributed by atoms with van der Waals surface area (Å²) in [5.74, 6) is 0.302. The lowest BCUT2D eigenvalue weighted by Gasteiger charge is -2.36. The van der Waals surface area contributed by atoms with Crippen LogP contribution in [0.2, 0.25) is 0 Å². The molecule has 1 saturated heterocycles. The van der Waals surface area contributed by atoms with Gasteiger partial charge in [0, 0.05) is 37.4 Å². The van der Waals surface area contributed by atoms with Crippen molar-refractivity contribution in [3.8, 4) is 0 Å². The standard InChI is InChI=1S/C17H21N3O2/c1-12-5-4-6-15(14(12)3)19-7-9-20(10-8-19)17(21)16-13(2)11-18-22-16/h4-6,11H,7-10H2,1-3H3. The van der Waals surface area contributed by atoms with Crippen LogP contribution in [0.3, 0.4) is 0 Å². The fourth-order valence-corrected chi connectivity index (χ4v) is 2.87. The van der Waals surface area contributed by atoms with Crippen molar-refractivity contribution >= 4 is 11.6 Å². The van der Waals surface area contributed by atoms with Gasteiger partial charge >= 0.3 is 0 Å². The summed E-state index contributed by atoms with van der Waals surface area (Å²) in [4.78, 5) is 16.6. The molecule has 0 radical (unpaired) electrons. The maximum Gasteiger partial charge on any atom is 0.292 e. The summed E-state index contributed by atoms with van der Waals surface area (Å²) in [5, 5.41) is 3.69. The van der Waals surface area contributed by atoms with Crippen molar-refractivity contribution in [3.63, 3.8) is 0 Å². The van der Waals surface area contributed by atoms with Crippen LogP contribution >= 0.6 is 0 Å². The molecule has 116 valence electrons. The second-order valence-electron chi connectivity index (χ2n) is 5.84. The third kappa shape index (κ3) is 2.58. The number of anilines is 1. The molecule has 0 N–H and O–H groups in total. The summed E-state index contributed by atoms with van der Waals surface area (Å²) in [6, 6.07) is 6.37. The number of amides is 1. The molecule has 2 heterocycles. The Balaban J connectivity index is 1.69. The third-order valence-electron chi connectivity index (χ3n) is 4.43. The summed E-state index contributed by atoms with van der Waals surface area (Å²) < 4.78 is 5.07. The molecule has 0 saturated carbocycles. The van der Waals surface area contributed by atoms with E-state index in [-0.39, 0.29) is 5.91 Å². The average molecular weight is 299 g/mol. The lowest BCUT2D eigenvalue weighted by Crippen LogP contribution is -2.49. The molecule has 0 spiro atoms. The molecule has 0 aliphatic carbocycles. The number of nitrogens with zero attached hydrogens (tertiary/aromatic N) is 3. The fraction of sp³-hybridized carbons (Fsp3) is 0.412. The highest BCUT2D eigenvalue weighted by Gasteiger charge is 2.26. The Morgan fingerprint density at radius 2 is 1.82 bits per heavy atom.